The van der Waals surface area contributed by atoms with Crippen molar-refractivity contribution in [3.63, 3.8) is 0 Å². The molecule has 104 valence electrons. The summed E-state index contributed by atoms with van der Waals surface area (Å²) >= 11 is 0. The Morgan fingerprint density at radius 1 is 1.42 bits per heavy atom. The van der Waals surface area contributed by atoms with Crippen LogP contribution in [0, 0.1) is 0 Å². The SMILES string of the molecule is CNC1CCC(N(C)C(=O)Cc2cccnc2)CC1. The van der Waals surface area contributed by atoms with E-state index in [2.05, 4.69) is 10.3 Å². The molecule has 1 heterocycles. The normalized spacial score (nSPS) is 23.1. The topological polar surface area (TPSA) is 45.2 Å². The third-order valence-electron chi connectivity index (χ3n) is 4.12. The number of carbonyl (C=O) groups excluding carboxylic acids is 1. The molecule has 1 fully saturated rings. The van der Waals surface area contributed by atoms with Gasteiger partial charge in [0.2, 0.25) is 5.91 Å². The molecule has 0 atom stereocenters. The number of aromatic nitrogens is 1. The molecule has 0 aromatic carbocycles. The van der Waals surface area contributed by atoms with Gasteiger partial charge in [0.25, 0.3) is 0 Å². The van der Waals surface area contributed by atoms with Crippen LogP contribution in [0.2, 0.25) is 0 Å². The van der Waals surface area contributed by atoms with Crippen molar-refractivity contribution < 1.29 is 4.79 Å². The average molecular weight is 261 g/mol. The van der Waals surface area contributed by atoms with Crippen molar-refractivity contribution in [3.8, 4) is 0 Å². The van der Waals surface area contributed by atoms with E-state index in [4.69, 9.17) is 0 Å². The summed E-state index contributed by atoms with van der Waals surface area (Å²) < 4.78 is 0. The molecular formula is C15H23N3O. The van der Waals surface area contributed by atoms with Gasteiger partial charge in [0.15, 0.2) is 0 Å². The van der Waals surface area contributed by atoms with Gasteiger partial charge in [-0.1, -0.05) is 6.07 Å². The first kappa shape index (κ1) is 14.0. The van der Waals surface area contributed by atoms with Crippen molar-refractivity contribution >= 4 is 5.91 Å². The maximum Gasteiger partial charge on any atom is 0.227 e. The van der Waals surface area contributed by atoms with Gasteiger partial charge in [0.1, 0.15) is 0 Å². The first-order chi connectivity index (χ1) is 9.20. The van der Waals surface area contributed by atoms with Gasteiger partial charge in [-0.2, -0.15) is 0 Å². The Labute approximate surface area is 115 Å². The van der Waals surface area contributed by atoms with Crippen molar-refractivity contribution in [2.75, 3.05) is 14.1 Å². The lowest BCUT2D eigenvalue weighted by Gasteiger charge is -2.34. The third kappa shape index (κ3) is 3.77. The van der Waals surface area contributed by atoms with Crippen LogP contribution < -0.4 is 5.32 Å². The van der Waals surface area contributed by atoms with Gasteiger partial charge in [0.05, 0.1) is 6.42 Å². The summed E-state index contributed by atoms with van der Waals surface area (Å²) in [4.78, 5) is 18.2. The van der Waals surface area contributed by atoms with Gasteiger partial charge in [-0.3, -0.25) is 9.78 Å². The highest BCUT2D eigenvalue weighted by Crippen LogP contribution is 2.22. The third-order valence-corrected chi connectivity index (χ3v) is 4.12. The number of likely N-dealkylation sites (N-methyl/N-ethyl adjacent to an activating group) is 1. The summed E-state index contributed by atoms with van der Waals surface area (Å²) in [5, 5.41) is 3.32. The van der Waals surface area contributed by atoms with Crippen LogP contribution in [0.5, 0.6) is 0 Å². The quantitative estimate of drug-likeness (QED) is 0.895. The summed E-state index contributed by atoms with van der Waals surface area (Å²) in [6, 6.07) is 4.85. The number of carbonyl (C=O) groups is 1. The van der Waals surface area contributed by atoms with Gasteiger partial charge < -0.3 is 10.2 Å². The smallest absolute Gasteiger partial charge is 0.227 e. The summed E-state index contributed by atoms with van der Waals surface area (Å²) in [6.07, 6.45) is 8.47. The number of nitrogens with one attached hydrogen (secondary N) is 1. The first-order valence-electron chi connectivity index (χ1n) is 7.02. The molecule has 0 bridgehead atoms. The van der Waals surface area contributed by atoms with Crippen LogP contribution in [-0.2, 0) is 11.2 Å². The summed E-state index contributed by atoms with van der Waals surface area (Å²) in [6.45, 7) is 0. The molecule has 0 unspecified atom stereocenters. The second-order valence-corrected chi connectivity index (χ2v) is 5.34. The molecule has 0 radical (unpaired) electrons. The van der Waals surface area contributed by atoms with E-state index in [1.165, 1.54) is 0 Å². The minimum Gasteiger partial charge on any atom is -0.342 e. The zero-order valence-electron chi connectivity index (χ0n) is 11.8. The Balaban J connectivity index is 1.86. The molecule has 2 rings (SSSR count). The van der Waals surface area contributed by atoms with Crippen LogP contribution in [0.25, 0.3) is 0 Å². The maximum atomic E-state index is 12.2. The highest BCUT2D eigenvalue weighted by molar-refractivity contribution is 5.78. The second-order valence-electron chi connectivity index (χ2n) is 5.34. The van der Waals surface area contributed by atoms with Crippen LogP contribution in [-0.4, -0.2) is 42.0 Å². The second kappa shape index (κ2) is 6.66. The molecule has 19 heavy (non-hydrogen) atoms. The molecule has 1 amide bonds. The molecule has 0 aliphatic heterocycles. The van der Waals surface area contributed by atoms with Crippen molar-refractivity contribution in [3.05, 3.63) is 30.1 Å². The Morgan fingerprint density at radius 3 is 2.74 bits per heavy atom. The summed E-state index contributed by atoms with van der Waals surface area (Å²) in [7, 11) is 3.95. The van der Waals surface area contributed by atoms with Gasteiger partial charge >= 0.3 is 0 Å². The van der Waals surface area contributed by atoms with Crippen molar-refractivity contribution in [1.82, 2.24) is 15.2 Å². The molecule has 4 nitrogen and oxygen atoms in total. The molecule has 1 aromatic heterocycles. The molecule has 1 aromatic rings. The minimum absolute atomic E-state index is 0.195. The predicted molar refractivity (Wildman–Crippen MR) is 75.8 cm³/mol. The molecule has 1 aliphatic rings. The van der Waals surface area contributed by atoms with E-state index in [0.717, 1.165) is 31.2 Å². The van der Waals surface area contributed by atoms with Crippen LogP contribution in [0.4, 0.5) is 0 Å². The van der Waals surface area contributed by atoms with Gasteiger partial charge in [-0.25, -0.2) is 0 Å². The van der Waals surface area contributed by atoms with Crippen LogP contribution >= 0.6 is 0 Å². The maximum absolute atomic E-state index is 12.2. The Bertz CT molecular complexity index is 399. The highest BCUT2D eigenvalue weighted by Gasteiger charge is 2.25. The zero-order valence-corrected chi connectivity index (χ0v) is 11.8. The fraction of sp³-hybridized carbons (Fsp3) is 0.600. The molecule has 1 aliphatic carbocycles. The molecular weight excluding hydrogens is 238 g/mol. The standard InChI is InChI=1S/C15H23N3O/c1-16-13-5-7-14(8-6-13)18(2)15(19)10-12-4-3-9-17-11-12/h3-4,9,11,13-14,16H,5-8,10H2,1-2H3. The average Bonchev–Trinajstić information content (AvgIpc) is 2.47. The molecule has 4 heteroatoms. The Kier molecular flexibility index (Phi) is 4.91. The van der Waals surface area contributed by atoms with E-state index in [1.54, 1.807) is 12.4 Å². The van der Waals surface area contributed by atoms with Gasteiger partial charge in [-0.15, -0.1) is 0 Å². The van der Waals surface area contributed by atoms with E-state index >= 15 is 0 Å². The number of amides is 1. The molecule has 1 N–H and O–H groups in total. The van der Waals surface area contributed by atoms with E-state index in [0.29, 0.717) is 18.5 Å². The fourth-order valence-electron chi connectivity index (χ4n) is 2.76. The zero-order chi connectivity index (χ0) is 13.7. The summed E-state index contributed by atoms with van der Waals surface area (Å²) in [5.74, 6) is 0.195. The highest BCUT2D eigenvalue weighted by atomic mass is 16.2. The van der Waals surface area contributed by atoms with E-state index in [-0.39, 0.29) is 5.91 Å². The largest absolute Gasteiger partial charge is 0.342 e. The van der Waals surface area contributed by atoms with Crippen LogP contribution in [0.1, 0.15) is 31.2 Å². The monoisotopic (exact) mass is 261 g/mol. The van der Waals surface area contributed by atoms with E-state index < -0.39 is 0 Å². The fourth-order valence-corrected chi connectivity index (χ4v) is 2.76. The molecule has 0 spiro atoms. The number of pyridine rings is 1. The van der Waals surface area contributed by atoms with Crippen molar-refractivity contribution in [1.29, 1.82) is 0 Å². The predicted octanol–water partition coefficient (Wildman–Crippen LogP) is 1.61. The van der Waals surface area contributed by atoms with Crippen molar-refractivity contribution in [2.45, 2.75) is 44.2 Å². The summed E-state index contributed by atoms with van der Waals surface area (Å²) in [5.41, 5.74) is 0.989. The van der Waals surface area contributed by atoms with Gasteiger partial charge in [0, 0.05) is 31.5 Å². The van der Waals surface area contributed by atoms with Gasteiger partial charge in [-0.05, 0) is 44.4 Å². The lowest BCUT2D eigenvalue weighted by Crippen LogP contribution is -2.43. The molecule has 1 saturated carbocycles. The molecule has 0 saturated heterocycles. The number of rotatable bonds is 4. The lowest BCUT2D eigenvalue weighted by atomic mass is 9.90. The van der Waals surface area contributed by atoms with E-state index in [1.807, 2.05) is 31.1 Å². The Hall–Kier alpha value is -1.42. The Morgan fingerprint density at radius 2 is 2.16 bits per heavy atom. The number of hydrogen-bond acceptors (Lipinski definition) is 3. The van der Waals surface area contributed by atoms with Crippen LogP contribution in [0.15, 0.2) is 24.5 Å². The van der Waals surface area contributed by atoms with E-state index in [9.17, 15) is 4.79 Å². The first-order valence-corrected chi connectivity index (χ1v) is 7.02. The minimum atomic E-state index is 0.195. The van der Waals surface area contributed by atoms with Crippen LogP contribution in [0.3, 0.4) is 0 Å². The number of hydrogen-bond donors (Lipinski definition) is 1. The van der Waals surface area contributed by atoms with Crippen molar-refractivity contribution in [2.24, 2.45) is 0 Å². The number of nitrogens with zero attached hydrogens (tertiary/aromatic N) is 2. The lowest BCUT2D eigenvalue weighted by molar-refractivity contribution is -0.131.